The summed E-state index contributed by atoms with van der Waals surface area (Å²) in [5.74, 6) is 0.732. The van der Waals surface area contributed by atoms with Gasteiger partial charge in [-0.25, -0.2) is 0 Å². The first kappa shape index (κ1) is 24.5. The summed E-state index contributed by atoms with van der Waals surface area (Å²) in [6, 6.07) is 20.8. The van der Waals surface area contributed by atoms with Gasteiger partial charge in [0.05, 0.1) is 24.8 Å². The van der Waals surface area contributed by atoms with Gasteiger partial charge >= 0.3 is 0 Å². The standard InChI is InChI=1S/C29H30ClN3O3/c1-36-17-24-3-2-4-27(32-24)31-23-14-11-21-15-26(34)28(25(21)16-23)33-29(35)20-7-5-18(6-8-20)19-9-12-22(30)13-10-19/h5-14,16,24,26,28,34H,2-4,15,17H2,1H3,(H,31,32)(H,33,35). The lowest BCUT2D eigenvalue weighted by molar-refractivity contribution is 0.0858. The monoisotopic (exact) mass is 503 g/mol. The second-order valence-electron chi connectivity index (χ2n) is 9.42. The molecule has 0 radical (unpaired) electrons. The molecule has 0 saturated heterocycles. The van der Waals surface area contributed by atoms with E-state index in [1.54, 1.807) is 19.2 Å². The van der Waals surface area contributed by atoms with Gasteiger partial charge in [0.25, 0.3) is 5.91 Å². The Hall–Kier alpha value is -3.19. The molecule has 0 fully saturated rings. The molecule has 7 heteroatoms. The van der Waals surface area contributed by atoms with Gasteiger partial charge in [-0.15, -0.1) is 0 Å². The number of fused-ring (bicyclic) bond motifs is 1. The second kappa shape index (κ2) is 10.8. The van der Waals surface area contributed by atoms with Gasteiger partial charge in [-0.2, -0.15) is 0 Å². The Bertz CT molecular complexity index is 1260. The Labute approximate surface area is 216 Å². The van der Waals surface area contributed by atoms with E-state index in [2.05, 4.69) is 10.6 Å². The first-order valence-electron chi connectivity index (χ1n) is 12.3. The molecule has 3 atom stereocenters. The number of aliphatic hydroxyl groups is 1. The summed E-state index contributed by atoms with van der Waals surface area (Å²) < 4.78 is 5.27. The average molecular weight is 504 g/mol. The van der Waals surface area contributed by atoms with Crippen LogP contribution in [0.5, 0.6) is 0 Å². The molecule has 1 aliphatic heterocycles. The number of hydrogen-bond donors (Lipinski definition) is 3. The van der Waals surface area contributed by atoms with Crippen LogP contribution in [-0.2, 0) is 11.2 Å². The third kappa shape index (κ3) is 5.46. The van der Waals surface area contributed by atoms with Crippen molar-refractivity contribution < 1.29 is 14.6 Å². The molecule has 3 unspecified atom stereocenters. The number of nitrogens with one attached hydrogen (secondary N) is 2. The summed E-state index contributed by atoms with van der Waals surface area (Å²) in [4.78, 5) is 17.8. The van der Waals surface area contributed by atoms with E-state index in [0.29, 0.717) is 23.6 Å². The van der Waals surface area contributed by atoms with Crippen LogP contribution in [0.25, 0.3) is 11.1 Å². The maximum absolute atomic E-state index is 13.1. The molecule has 2 aliphatic rings. The maximum Gasteiger partial charge on any atom is 0.251 e. The molecule has 0 saturated carbocycles. The molecule has 3 N–H and O–H groups in total. The topological polar surface area (TPSA) is 83.0 Å². The predicted octanol–water partition coefficient (Wildman–Crippen LogP) is 5.40. The van der Waals surface area contributed by atoms with Gasteiger partial charge in [-0.1, -0.05) is 41.9 Å². The molecule has 3 aromatic rings. The molecule has 0 spiro atoms. The molecular weight excluding hydrogens is 474 g/mol. The first-order valence-corrected chi connectivity index (χ1v) is 12.7. The molecule has 1 amide bonds. The maximum atomic E-state index is 13.1. The largest absolute Gasteiger partial charge is 0.390 e. The zero-order valence-electron chi connectivity index (χ0n) is 20.2. The normalized spacial score (nSPS) is 21.0. The molecule has 5 rings (SSSR count). The van der Waals surface area contributed by atoms with E-state index in [9.17, 15) is 9.90 Å². The fourth-order valence-electron chi connectivity index (χ4n) is 4.98. The summed E-state index contributed by atoms with van der Waals surface area (Å²) in [5, 5.41) is 17.9. The zero-order valence-corrected chi connectivity index (χ0v) is 21.0. The van der Waals surface area contributed by atoms with Crippen LogP contribution in [0.3, 0.4) is 0 Å². The van der Waals surface area contributed by atoms with Crippen LogP contribution in [-0.4, -0.2) is 42.7 Å². The summed E-state index contributed by atoms with van der Waals surface area (Å²) >= 11 is 5.98. The Kier molecular flexibility index (Phi) is 7.37. The lowest BCUT2D eigenvalue weighted by Gasteiger charge is -2.22. The van der Waals surface area contributed by atoms with Gasteiger partial charge in [0.1, 0.15) is 5.84 Å². The number of carbonyl (C=O) groups excluding carboxylic acids is 1. The van der Waals surface area contributed by atoms with Crippen molar-refractivity contribution in [3.8, 4) is 11.1 Å². The lowest BCUT2D eigenvalue weighted by Crippen LogP contribution is -2.33. The quantitative estimate of drug-likeness (QED) is 0.420. The minimum Gasteiger partial charge on any atom is -0.390 e. The smallest absolute Gasteiger partial charge is 0.251 e. The van der Waals surface area contributed by atoms with Crippen molar-refractivity contribution in [1.29, 1.82) is 0 Å². The van der Waals surface area contributed by atoms with Crippen LogP contribution in [0, 0.1) is 0 Å². The van der Waals surface area contributed by atoms with E-state index >= 15 is 0 Å². The molecule has 3 aromatic carbocycles. The zero-order chi connectivity index (χ0) is 25.1. The van der Waals surface area contributed by atoms with Crippen molar-refractivity contribution in [3.63, 3.8) is 0 Å². The van der Waals surface area contributed by atoms with Crippen molar-refractivity contribution >= 4 is 29.0 Å². The minimum absolute atomic E-state index is 0.181. The molecule has 1 heterocycles. The van der Waals surface area contributed by atoms with Crippen LogP contribution in [0.4, 0.5) is 5.69 Å². The van der Waals surface area contributed by atoms with Crippen LogP contribution in [0.2, 0.25) is 5.02 Å². The third-order valence-corrected chi connectivity index (χ3v) is 7.09. The number of nitrogens with zero attached hydrogens (tertiary/aromatic N) is 1. The number of ether oxygens (including phenoxy) is 1. The Morgan fingerprint density at radius 3 is 2.53 bits per heavy atom. The van der Waals surface area contributed by atoms with Gasteiger partial charge in [0, 0.05) is 36.2 Å². The number of aliphatic hydroxyl groups excluding tert-OH is 1. The van der Waals surface area contributed by atoms with Gasteiger partial charge in [-0.3, -0.25) is 9.79 Å². The second-order valence-corrected chi connectivity index (χ2v) is 9.86. The van der Waals surface area contributed by atoms with Crippen LogP contribution in [0.1, 0.15) is 46.8 Å². The van der Waals surface area contributed by atoms with E-state index in [1.165, 1.54) is 0 Å². The summed E-state index contributed by atoms with van der Waals surface area (Å²) in [5.41, 5.74) is 5.46. The molecule has 0 aromatic heterocycles. The number of hydrogen-bond acceptors (Lipinski definition) is 5. The first-order chi connectivity index (χ1) is 17.5. The highest BCUT2D eigenvalue weighted by atomic mass is 35.5. The van der Waals surface area contributed by atoms with Crippen LogP contribution in [0.15, 0.2) is 71.7 Å². The Morgan fingerprint density at radius 1 is 1.08 bits per heavy atom. The highest BCUT2D eigenvalue weighted by Crippen LogP contribution is 2.34. The van der Waals surface area contributed by atoms with Crippen LogP contribution < -0.4 is 10.6 Å². The van der Waals surface area contributed by atoms with E-state index in [-0.39, 0.29) is 11.9 Å². The number of methoxy groups -OCH3 is 1. The number of benzene rings is 3. The fourth-order valence-corrected chi connectivity index (χ4v) is 5.11. The number of amidine groups is 1. The number of aliphatic imine (C=N–C) groups is 1. The fraction of sp³-hybridized carbons (Fsp3) is 0.310. The van der Waals surface area contributed by atoms with E-state index in [0.717, 1.165) is 53.0 Å². The highest BCUT2D eigenvalue weighted by molar-refractivity contribution is 6.30. The lowest BCUT2D eigenvalue weighted by atomic mass is 10.0. The number of carbonyl (C=O) groups is 1. The van der Waals surface area contributed by atoms with Gasteiger partial charge < -0.3 is 20.5 Å². The summed E-state index contributed by atoms with van der Waals surface area (Å²) in [6.45, 7) is 0.621. The number of rotatable bonds is 6. The molecule has 0 bridgehead atoms. The molecule has 1 aliphatic carbocycles. The van der Waals surface area contributed by atoms with Crippen molar-refractivity contribution in [3.05, 3.63) is 88.4 Å². The molecular formula is C29H30ClN3O3. The average Bonchev–Trinajstić information content (AvgIpc) is 3.19. The molecule has 6 nitrogen and oxygen atoms in total. The van der Waals surface area contributed by atoms with E-state index in [4.69, 9.17) is 21.3 Å². The van der Waals surface area contributed by atoms with E-state index < -0.39 is 12.1 Å². The highest BCUT2D eigenvalue weighted by Gasteiger charge is 2.33. The van der Waals surface area contributed by atoms with Crippen molar-refractivity contribution in [2.75, 3.05) is 19.0 Å². The predicted molar refractivity (Wildman–Crippen MR) is 144 cm³/mol. The van der Waals surface area contributed by atoms with Gasteiger partial charge in [-0.05, 0) is 71.5 Å². The van der Waals surface area contributed by atoms with E-state index in [1.807, 2.05) is 54.6 Å². The van der Waals surface area contributed by atoms with Gasteiger partial charge in [0.2, 0.25) is 0 Å². The summed E-state index contributed by atoms with van der Waals surface area (Å²) in [6.07, 6.45) is 2.83. The van der Waals surface area contributed by atoms with Gasteiger partial charge in [0.15, 0.2) is 0 Å². The third-order valence-electron chi connectivity index (χ3n) is 6.84. The van der Waals surface area contributed by atoms with Crippen molar-refractivity contribution in [1.82, 2.24) is 5.32 Å². The number of anilines is 1. The summed E-state index contributed by atoms with van der Waals surface area (Å²) in [7, 11) is 1.70. The molecule has 186 valence electrons. The SMILES string of the molecule is COCC1CCCC(Nc2ccc3c(c2)C(NC(=O)c2ccc(-c4ccc(Cl)cc4)cc2)C(O)C3)=N1. The van der Waals surface area contributed by atoms with Crippen LogP contribution >= 0.6 is 11.6 Å². The Balaban J connectivity index is 1.29. The minimum atomic E-state index is -0.675. The number of halogens is 1. The molecule has 36 heavy (non-hydrogen) atoms. The van der Waals surface area contributed by atoms with Crippen molar-refractivity contribution in [2.45, 2.75) is 43.9 Å². The number of amides is 1. The van der Waals surface area contributed by atoms with Crippen molar-refractivity contribution in [2.24, 2.45) is 4.99 Å². The Morgan fingerprint density at radius 2 is 1.81 bits per heavy atom.